The Morgan fingerprint density at radius 3 is 1.23 bits per heavy atom. The normalized spacial score (nSPS) is 8.27. The summed E-state index contributed by atoms with van der Waals surface area (Å²) in [6, 6.07) is 11.3. The monoisotopic (exact) mass is 388 g/mol. The van der Waals surface area contributed by atoms with Gasteiger partial charge in [-0.15, -0.1) is 49.6 Å². The topological polar surface area (TPSA) is 70.5 Å². The molecule has 0 radical (unpaired) electrons. The highest BCUT2D eigenvalue weighted by atomic mass is 35.5. The summed E-state index contributed by atoms with van der Waals surface area (Å²) in [7, 11) is 3.19. The molecule has 0 saturated carbocycles. The Balaban J connectivity index is -0.000000902. The van der Waals surface area contributed by atoms with E-state index in [-0.39, 0.29) is 49.6 Å². The minimum absolute atomic E-state index is 0. The fourth-order valence-corrected chi connectivity index (χ4v) is 1.78. The van der Waals surface area contributed by atoms with Gasteiger partial charge in [0.1, 0.15) is 11.5 Å². The van der Waals surface area contributed by atoms with Crippen molar-refractivity contribution >= 4 is 61.0 Å². The summed E-state index contributed by atoms with van der Waals surface area (Å²) >= 11 is 0. The van der Waals surface area contributed by atoms with Gasteiger partial charge in [0.25, 0.3) is 0 Å². The molecule has 0 spiro atoms. The van der Waals surface area contributed by atoms with E-state index in [2.05, 4.69) is 0 Å². The minimum Gasteiger partial charge on any atom is -0.495 e. The molecule has 4 N–H and O–H groups in total. The first kappa shape index (κ1) is 25.7. The fraction of sp³-hybridized carbons (Fsp3) is 0.143. The molecule has 2 aromatic carbocycles. The van der Waals surface area contributed by atoms with Gasteiger partial charge < -0.3 is 20.9 Å². The zero-order valence-corrected chi connectivity index (χ0v) is 15.3. The van der Waals surface area contributed by atoms with Crippen molar-refractivity contribution in [3.05, 3.63) is 36.4 Å². The highest BCUT2D eigenvalue weighted by Crippen LogP contribution is 2.32. The van der Waals surface area contributed by atoms with E-state index in [0.29, 0.717) is 22.9 Å². The average Bonchev–Trinajstić information content (AvgIpc) is 2.40. The van der Waals surface area contributed by atoms with Crippen LogP contribution in [0.5, 0.6) is 11.5 Å². The SMILES string of the molecule is COc1cc(-c2ccc(N)c(OC)c2)ccc1N.Cl.Cl.Cl.Cl. The quantitative estimate of drug-likeness (QED) is 0.770. The van der Waals surface area contributed by atoms with Crippen molar-refractivity contribution in [3.8, 4) is 22.6 Å². The molecule has 0 unspecified atom stereocenters. The van der Waals surface area contributed by atoms with Crippen LogP contribution < -0.4 is 20.9 Å². The fourth-order valence-electron chi connectivity index (χ4n) is 1.78. The van der Waals surface area contributed by atoms with E-state index in [9.17, 15) is 0 Å². The molecule has 2 rings (SSSR count). The molecule has 0 aliphatic carbocycles. The van der Waals surface area contributed by atoms with E-state index in [1.54, 1.807) is 14.2 Å². The van der Waals surface area contributed by atoms with Crippen LogP contribution in [0.3, 0.4) is 0 Å². The van der Waals surface area contributed by atoms with E-state index in [4.69, 9.17) is 20.9 Å². The summed E-state index contributed by atoms with van der Waals surface area (Å²) in [5.41, 5.74) is 14.8. The van der Waals surface area contributed by atoms with Crippen LogP contribution in [0.2, 0.25) is 0 Å². The molecule has 0 aromatic heterocycles. The first-order valence-electron chi connectivity index (χ1n) is 5.53. The van der Waals surface area contributed by atoms with Gasteiger partial charge >= 0.3 is 0 Å². The van der Waals surface area contributed by atoms with Gasteiger partial charge in [-0.05, 0) is 35.4 Å². The van der Waals surface area contributed by atoms with Gasteiger partial charge in [0, 0.05) is 0 Å². The number of hydrogen-bond donors (Lipinski definition) is 2. The zero-order chi connectivity index (χ0) is 13.1. The summed E-state index contributed by atoms with van der Waals surface area (Å²) < 4.78 is 10.4. The van der Waals surface area contributed by atoms with Crippen molar-refractivity contribution in [3.63, 3.8) is 0 Å². The Labute approximate surface area is 155 Å². The lowest BCUT2D eigenvalue weighted by molar-refractivity contribution is 0.416. The number of hydrogen-bond acceptors (Lipinski definition) is 4. The van der Waals surface area contributed by atoms with Crippen LogP contribution >= 0.6 is 49.6 Å². The van der Waals surface area contributed by atoms with Crippen molar-refractivity contribution in [2.45, 2.75) is 0 Å². The Bertz CT molecular complexity index is 531. The second kappa shape index (κ2) is 11.4. The molecule has 0 aliphatic heterocycles. The number of nitrogen functional groups attached to an aromatic ring is 2. The Morgan fingerprint density at radius 1 is 0.636 bits per heavy atom. The van der Waals surface area contributed by atoms with Gasteiger partial charge in [0.2, 0.25) is 0 Å². The number of rotatable bonds is 3. The summed E-state index contributed by atoms with van der Waals surface area (Å²) in [4.78, 5) is 0. The van der Waals surface area contributed by atoms with Crippen molar-refractivity contribution in [1.82, 2.24) is 0 Å². The maximum absolute atomic E-state index is 5.79. The van der Waals surface area contributed by atoms with Crippen molar-refractivity contribution < 1.29 is 9.47 Å². The van der Waals surface area contributed by atoms with Crippen LogP contribution in [0, 0.1) is 0 Å². The smallest absolute Gasteiger partial charge is 0.142 e. The van der Waals surface area contributed by atoms with Crippen LogP contribution in [-0.2, 0) is 0 Å². The molecular weight excluding hydrogens is 370 g/mol. The number of anilines is 2. The Kier molecular flexibility index (Phi) is 13.3. The van der Waals surface area contributed by atoms with E-state index < -0.39 is 0 Å². The zero-order valence-electron chi connectivity index (χ0n) is 12.1. The second-order valence-electron chi connectivity index (χ2n) is 3.91. The summed E-state index contributed by atoms with van der Waals surface area (Å²) in [5.74, 6) is 1.31. The molecule has 2 aromatic rings. The highest BCUT2D eigenvalue weighted by molar-refractivity contribution is 5.86. The first-order valence-corrected chi connectivity index (χ1v) is 5.53. The van der Waals surface area contributed by atoms with Gasteiger partial charge in [-0.2, -0.15) is 0 Å². The van der Waals surface area contributed by atoms with Crippen molar-refractivity contribution in [2.75, 3.05) is 25.7 Å². The number of nitrogens with two attached hydrogens (primary N) is 2. The van der Waals surface area contributed by atoms with E-state index in [0.717, 1.165) is 11.1 Å². The molecule has 0 aliphatic rings. The van der Waals surface area contributed by atoms with Gasteiger partial charge in [-0.3, -0.25) is 0 Å². The molecule has 0 fully saturated rings. The lowest BCUT2D eigenvalue weighted by atomic mass is 10.0. The maximum atomic E-state index is 5.79. The van der Waals surface area contributed by atoms with E-state index in [1.165, 1.54) is 0 Å². The molecule has 0 atom stereocenters. The second-order valence-corrected chi connectivity index (χ2v) is 3.91. The lowest BCUT2D eigenvalue weighted by Crippen LogP contribution is -1.94. The molecule has 0 saturated heterocycles. The molecule has 8 heteroatoms. The average molecular weight is 390 g/mol. The van der Waals surface area contributed by atoms with Crippen molar-refractivity contribution in [1.29, 1.82) is 0 Å². The van der Waals surface area contributed by atoms with Crippen LogP contribution in [-0.4, -0.2) is 14.2 Å². The maximum Gasteiger partial charge on any atom is 0.142 e. The lowest BCUT2D eigenvalue weighted by Gasteiger charge is -2.10. The van der Waals surface area contributed by atoms with Crippen LogP contribution in [0.25, 0.3) is 11.1 Å². The molecule has 0 heterocycles. The molecule has 4 nitrogen and oxygen atoms in total. The highest BCUT2D eigenvalue weighted by Gasteiger charge is 2.06. The molecule has 22 heavy (non-hydrogen) atoms. The molecular formula is C14H20Cl4N2O2. The van der Waals surface area contributed by atoms with Gasteiger partial charge in [0.05, 0.1) is 25.6 Å². The molecule has 0 bridgehead atoms. The predicted octanol–water partition coefficient (Wildman–Crippen LogP) is 4.22. The van der Waals surface area contributed by atoms with Gasteiger partial charge in [0.15, 0.2) is 0 Å². The standard InChI is InChI=1S/C14H16N2O2.4ClH/c1-17-13-7-9(3-5-11(13)15)10-4-6-12(16)14(8-10)18-2;;;;/h3-8H,15-16H2,1-2H3;4*1H. The number of halogens is 4. The number of ether oxygens (including phenoxy) is 2. The number of methoxy groups -OCH3 is 2. The van der Waals surface area contributed by atoms with Crippen LogP contribution in [0.15, 0.2) is 36.4 Å². The van der Waals surface area contributed by atoms with Gasteiger partial charge in [-0.25, -0.2) is 0 Å². The summed E-state index contributed by atoms with van der Waals surface area (Å²) in [6.45, 7) is 0. The van der Waals surface area contributed by atoms with E-state index in [1.807, 2.05) is 36.4 Å². The largest absolute Gasteiger partial charge is 0.495 e. The predicted molar refractivity (Wildman–Crippen MR) is 103 cm³/mol. The Morgan fingerprint density at radius 2 is 0.955 bits per heavy atom. The summed E-state index contributed by atoms with van der Waals surface area (Å²) in [5, 5.41) is 0. The summed E-state index contributed by atoms with van der Waals surface area (Å²) in [6.07, 6.45) is 0. The van der Waals surface area contributed by atoms with Crippen molar-refractivity contribution in [2.24, 2.45) is 0 Å². The molecule has 126 valence electrons. The Hall–Kier alpha value is -1.20. The third-order valence-electron chi connectivity index (χ3n) is 2.80. The van der Waals surface area contributed by atoms with Crippen LogP contribution in [0.1, 0.15) is 0 Å². The minimum atomic E-state index is 0. The third-order valence-corrected chi connectivity index (χ3v) is 2.80. The third kappa shape index (κ3) is 5.54. The van der Waals surface area contributed by atoms with E-state index >= 15 is 0 Å². The number of benzene rings is 2. The van der Waals surface area contributed by atoms with Crippen LogP contribution in [0.4, 0.5) is 11.4 Å². The first-order chi connectivity index (χ1) is 8.65. The molecule has 0 amide bonds. The van der Waals surface area contributed by atoms with Gasteiger partial charge in [-0.1, -0.05) is 12.1 Å².